The van der Waals surface area contributed by atoms with Crippen LogP contribution in [-0.2, 0) is 14.8 Å². The molecular formula is C9H15N5O3S. The number of rotatable bonds is 3. The van der Waals surface area contributed by atoms with E-state index in [-0.39, 0.29) is 18.0 Å². The molecule has 0 aromatic carbocycles. The van der Waals surface area contributed by atoms with Crippen LogP contribution in [-0.4, -0.2) is 54.5 Å². The van der Waals surface area contributed by atoms with Crippen LogP contribution in [0.15, 0.2) is 11.1 Å². The Morgan fingerprint density at radius 1 is 1.61 bits per heavy atom. The molecule has 0 spiro atoms. The van der Waals surface area contributed by atoms with E-state index in [2.05, 4.69) is 15.5 Å². The number of primary amides is 1. The lowest BCUT2D eigenvalue weighted by atomic mass is 10.2. The molecule has 8 nitrogen and oxygen atoms in total. The maximum absolute atomic E-state index is 12.4. The first-order valence-corrected chi connectivity index (χ1v) is 6.90. The Bertz CT molecular complexity index is 552. The number of carbonyl (C=O) groups is 1. The fourth-order valence-electron chi connectivity index (χ4n) is 1.94. The van der Waals surface area contributed by atoms with Crippen LogP contribution in [0.25, 0.3) is 0 Å². The van der Waals surface area contributed by atoms with E-state index in [0.29, 0.717) is 12.2 Å². The van der Waals surface area contributed by atoms with Gasteiger partial charge in [0.2, 0.25) is 15.9 Å². The molecule has 0 bridgehead atoms. The van der Waals surface area contributed by atoms with E-state index in [4.69, 9.17) is 5.73 Å². The van der Waals surface area contributed by atoms with Gasteiger partial charge in [0.1, 0.15) is 10.9 Å². The van der Waals surface area contributed by atoms with E-state index in [1.165, 1.54) is 6.20 Å². The number of amides is 1. The van der Waals surface area contributed by atoms with Gasteiger partial charge < -0.3 is 11.1 Å². The van der Waals surface area contributed by atoms with Gasteiger partial charge in [0.25, 0.3) is 0 Å². The first-order chi connectivity index (χ1) is 8.44. The summed E-state index contributed by atoms with van der Waals surface area (Å²) in [6.07, 6.45) is 1.24. The van der Waals surface area contributed by atoms with Crippen molar-refractivity contribution in [3.8, 4) is 0 Å². The fraction of sp³-hybridized carbons (Fsp3) is 0.556. The molecule has 1 aliphatic rings. The number of aryl methyl sites for hydroxylation is 1. The monoisotopic (exact) mass is 273 g/mol. The van der Waals surface area contributed by atoms with Crippen molar-refractivity contribution in [2.24, 2.45) is 5.73 Å². The lowest BCUT2D eigenvalue weighted by Gasteiger charge is -2.32. The molecule has 1 saturated heterocycles. The Labute approximate surface area is 105 Å². The van der Waals surface area contributed by atoms with Gasteiger partial charge in [-0.15, -0.1) is 0 Å². The molecule has 1 amide bonds. The van der Waals surface area contributed by atoms with E-state index in [0.717, 1.165) is 4.31 Å². The number of nitrogens with two attached hydrogens (primary N) is 1. The smallest absolute Gasteiger partial charge is 0.247 e. The van der Waals surface area contributed by atoms with Crippen molar-refractivity contribution >= 4 is 15.9 Å². The van der Waals surface area contributed by atoms with Gasteiger partial charge in [-0.25, -0.2) is 8.42 Å². The predicted octanol–water partition coefficient (Wildman–Crippen LogP) is -1.83. The van der Waals surface area contributed by atoms with Crippen molar-refractivity contribution in [3.63, 3.8) is 0 Å². The lowest BCUT2D eigenvalue weighted by Crippen LogP contribution is -2.58. The van der Waals surface area contributed by atoms with Crippen molar-refractivity contribution in [1.29, 1.82) is 0 Å². The molecular weight excluding hydrogens is 258 g/mol. The number of hydrogen-bond acceptors (Lipinski definition) is 5. The number of sulfonamides is 1. The molecule has 2 rings (SSSR count). The van der Waals surface area contributed by atoms with Crippen LogP contribution >= 0.6 is 0 Å². The molecule has 1 aromatic rings. The maximum Gasteiger partial charge on any atom is 0.247 e. The standard InChI is InChI=1S/C9H15N5O3S/c1-6-8(5-12-13-6)18(16,17)14-3-2-11-4-7(14)9(10)15/h5,7,11H,2-4H2,1H3,(H2,10,15)(H,12,13). The van der Waals surface area contributed by atoms with E-state index in [1.807, 2.05) is 0 Å². The van der Waals surface area contributed by atoms with Crippen LogP contribution in [0.1, 0.15) is 5.69 Å². The van der Waals surface area contributed by atoms with Gasteiger partial charge in [-0.3, -0.25) is 9.89 Å². The second kappa shape index (κ2) is 4.67. The van der Waals surface area contributed by atoms with Crippen molar-refractivity contribution in [1.82, 2.24) is 19.8 Å². The summed E-state index contributed by atoms with van der Waals surface area (Å²) >= 11 is 0. The summed E-state index contributed by atoms with van der Waals surface area (Å²) in [5, 5.41) is 9.21. The quantitative estimate of drug-likeness (QED) is 0.598. The average Bonchev–Trinajstić information content (AvgIpc) is 2.76. The Morgan fingerprint density at radius 2 is 2.33 bits per heavy atom. The number of hydrogen-bond donors (Lipinski definition) is 3. The molecule has 2 heterocycles. The zero-order valence-corrected chi connectivity index (χ0v) is 10.7. The zero-order valence-electron chi connectivity index (χ0n) is 9.88. The number of carbonyl (C=O) groups excluding carboxylic acids is 1. The van der Waals surface area contributed by atoms with Crippen molar-refractivity contribution < 1.29 is 13.2 Å². The number of piperazine rings is 1. The number of H-pyrrole nitrogens is 1. The molecule has 0 radical (unpaired) electrons. The lowest BCUT2D eigenvalue weighted by molar-refractivity contribution is -0.122. The minimum atomic E-state index is -3.74. The first kappa shape index (κ1) is 13.0. The van der Waals surface area contributed by atoms with Crippen molar-refractivity contribution in [2.75, 3.05) is 19.6 Å². The van der Waals surface area contributed by atoms with Crippen LogP contribution in [0.3, 0.4) is 0 Å². The topological polar surface area (TPSA) is 121 Å². The highest BCUT2D eigenvalue weighted by molar-refractivity contribution is 7.89. The van der Waals surface area contributed by atoms with Gasteiger partial charge in [-0.05, 0) is 6.92 Å². The predicted molar refractivity (Wildman–Crippen MR) is 63.1 cm³/mol. The Morgan fingerprint density at radius 3 is 2.89 bits per heavy atom. The number of nitrogens with zero attached hydrogens (tertiary/aromatic N) is 2. The molecule has 0 saturated carbocycles. The second-order valence-electron chi connectivity index (χ2n) is 4.10. The minimum Gasteiger partial charge on any atom is -0.368 e. The third kappa shape index (κ3) is 2.11. The Hall–Kier alpha value is -1.45. The largest absolute Gasteiger partial charge is 0.368 e. The summed E-state index contributed by atoms with van der Waals surface area (Å²) in [5.74, 6) is -0.660. The van der Waals surface area contributed by atoms with Crippen molar-refractivity contribution in [3.05, 3.63) is 11.9 Å². The van der Waals surface area contributed by atoms with Crippen LogP contribution in [0.5, 0.6) is 0 Å². The normalized spacial score (nSPS) is 21.9. The fourth-order valence-corrected chi connectivity index (χ4v) is 3.66. The minimum absolute atomic E-state index is 0.0793. The average molecular weight is 273 g/mol. The van der Waals surface area contributed by atoms with Crippen LogP contribution in [0.4, 0.5) is 0 Å². The van der Waals surface area contributed by atoms with Gasteiger partial charge in [0, 0.05) is 19.6 Å². The van der Waals surface area contributed by atoms with Gasteiger partial charge in [0.15, 0.2) is 0 Å². The number of aromatic amines is 1. The van der Waals surface area contributed by atoms with E-state index >= 15 is 0 Å². The van der Waals surface area contributed by atoms with Gasteiger partial charge in [0.05, 0.1) is 11.9 Å². The molecule has 100 valence electrons. The van der Waals surface area contributed by atoms with Gasteiger partial charge in [-0.2, -0.15) is 9.40 Å². The van der Waals surface area contributed by atoms with Crippen molar-refractivity contribution in [2.45, 2.75) is 17.9 Å². The molecule has 1 unspecified atom stereocenters. The summed E-state index contributed by atoms with van der Waals surface area (Å²) < 4.78 is 26.0. The van der Waals surface area contributed by atoms with Crippen LogP contribution < -0.4 is 11.1 Å². The number of nitrogens with one attached hydrogen (secondary N) is 2. The molecule has 0 aliphatic carbocycles. The summed E-state index contributed by atoms with van der Waals surface area (Å²) in [7, 11) is -3.74. The molecule has 4 N–H and O–H groups in total. The molecule has 1 aliphatic heterocycles. The van der Waals surface area contributed by atoms with E-state index in [9.17, 15) is 13.2 Å². The van der Waals surface area contributed by atoms with E-state index in [1.54, 1.807) is 6.92 Å². The highest BCUT2D eigenvalue weighted by Crippen LogP contribution is 2.20. The maximum atomic E-state index is 12.4. The highest BCUT2D eigenvalue weighted by atomic mass is 32.2. The molecule has 1 fully saturated rings. The summed E-state index contributed by atoms with van der Waals surface area (Å²) in [5.41, 5.74) is 5.68. The second-order valence-corrected chi connectivity index (χ2v) is 5.96. The number of aromatic nitrogens is 2. The molecule has 1 atom stereocenters. The third-order valence-electron chi connectivity index (χ3n) is 2.89. The summed E-state index contributed by atoms with van der Waals surface area (Å²) in [6.45, 7) is 2.54. The Kier molecular flexibility index (Phi) is 3.37. The third-order valence-corrected chi connectivity index (χ3v) is 4.91. The Balaban J connectivity index is 2.39. The molecule has 18 heavy (non-hydrogen) atoms. The molecule has 1 aromatic heterocycles. The summed E-state index contributed by atoms with van der Waals surface area (Å²) in [6, 6.07) is -0.863. The van der Waals surface area contributed by atoms with Gasteiger partial charge in [-0.1, -0.05) is 0 Å². The zero-order chi connectivity index (χ0) is 13.3. The first-order valence-electron chi connectivity index (χ1n) is 5.46. The van der Waals surface area contributed by atoms with E-state index < -0.39 is 22.0 Å². The highest BCUT2D eigenvalue weighted by Gasteiger charge is 2.37. The van der Waals surface area contributed by atoms with Crippen LogP contribution in [0.2, 0.25) is 0 Å². The molecule has 9 heteroatoms. The van der Waals surface area contributed by atoms with Gasteiger partial charge >= 0.3 is 0 Å². The summed E-state index contributed by atoms with van der Waals surface area (Å²) in [4.78, 5) is 11.4. The van der Waals surface area contributed by atoms with Crippen LogP contribution in [0, 0.1) is 6.92 Å². The SMILES string of the molecule is Cc1[nH]ncc1S(=O)(=O)N1CCNCC1C(N)=O.